The maximum atomic E-state index is 13.4. The summed E-state index contributed by atoms with van der Waals surface area (Å²) in [5, 5.41) is 2.04. The molecule has 3 nitrogen and oxygen atoms in total. The number of halogens is 2. The molecule has 1 aliphatic heterocycles. The fourth-order valence-corrected chi connectivity index (χ4v) is 1.60. The predicted octanol–water partition coefficient (Wildman–Crippen LogP) is 1.93. The molecular formula is C10H7F2NO2. The highest BCUT2D eigenvalue weighted by molar-refractivity contribution is 6.09. The van der Waals surface area contributed by atoms with Gasteiger partial charge >= 0.3 is 5.92 Å². The van der Waals surface area contributed by atoms with E-state index in [2.05, 4.69) is 0 Å². The summed E-state index contributed by atoms with van der Waals surface area (Å²) in [5.74, 6) is -5.48. The van der Waals surface area contributed by atoms with Gasteiger partial charge in [-0.05, 0) is 13.0 Å². The third kappa shape index (κ3) is 1.23. The van der Waals surface area contributed by atoms with Crippen LogP contribution in [-0.4, -0.2) is 11.7 Å². The van der Waals surface area contributed by atoms with Crippen LogP contribution in [0.5, 0.6) is 0 Å². The van der Waals surface area contributed by atoms with Gasteiger partial charge in [-0.3, -0.25) is 9.59 Å². The van der Waals surface area contributed by atoms with Gasteiger partial charge in [0, 0.05) is 5.56 Å². The van der Waals surface area contributed by atoms with Gasteiger partial charge in [0.1, 0.15) is 0 Å². The number of rotatable bonds is 1. The number of carbonyl (C=O) groups excluding carboxylic acids is 2. The second kappa shape index (κ2) is 2.85. The smallest absolute Gasteiger partial charge is 0.320 e. The summed E-state index contributed by atoms with van der Waals surface area (Å²) in [4.78, 5) is 22.1. The van der Waals surface area contributed by atoms with E-state index in [-0.39, 0.29) is 11.3 Å². The van der Waals surface area contributed by atoms with Gasteiger partial charge in [0.2, 0.25) is 0 Å². The molecule has 0 aromatic heterocycles. The van der Waals surface area contributed by atoms with Gasteiger partial charge in [-0.25, -0.2) is 0 Å². The number of Topliss-reactive ketones (excluding diaryl/α,β-unsaturated/α-hetero) is 1. The SMILES string of the molecule is CC(=O)c1cccc2c1C(F)(F)C(=O)N2. The number of alkyl halides is 2. The second-order valence-corrected chi connectivity index (χ2v) is 3.31. The first-order chi connectivity index (χ1) is 6.94. The van der Waals surface area contributed by atoms with Gasteiger partial charge in [-0.2, -0.15) is 8.78 Å². The van der Waals surface area contributed by atoms with E-state index in [0.717, 1.165) is 0 Å². The molecule has 0 spiro atoms. The highest BCUT2D eigenvalue weighted by Crippen LogP contribution is 2.42. The molecule has 0 saturated heterocycles. The summed E-state index contributed by atoms with van der Waals surface area (Å²) in [7, 11) is 0. The van der Waals surface area contributed by atoms with Crippen LogP contribution >= 0.6 is 0 Å². The largest absolute Gasteiger partial charge is 0.352 e. The zero-order chi connectivity index (χ0) is 11.2. The maximum Gasteiger partial charge on any atom is 0.352 e. The van der Waals surface area contributed by atoms with Crippen molar-refractivity contribution in [2.75, 3.05) is 5.32 Å². The Bertz CT molecular complexity index is 468. The Morgan fingerprint density at radius 1 is 1.40 bits per heavy atom. The third-order valence-electron chi connectivity index (χ3n) is 2.29. The van der Waals surface area contributed by atoms with Gasteiger partial charge in [0.15, 0.2) is 5.78 Å². The lowest BCUT2D eigenvalue weighted by molar-refractivity contribution is -0.139. The predicted molar refractivity (Wildman–Crippen MR) is 49.0 cm³/mol. The van der Waals surface area contributed by atoms with Crippen molar-refractivity contribution in [1.82, 2.24) is 0 Å². The molecule has 1 N–H and O–H groups in total. The van der Waals surface area contributed by atoms with Crippen LogP contribution in [0.1, 0.15) is 22.8 Å². The minimum atomic E-state index is -3.61. The number of ketones is 1. The van der Waals surface area contributed by atoms with Crippen molar-refractivity contribution in [3.05, 3.63) is 29.3 Å². The van der Waals surface area contributed by atoms with Crippen LogP contribution in [-0.2, 0) is 10.7 Å². The Morgan fingerprint density at radius 3 is 2.67 bits per heavy atom. The van der Waals surface area contributed by atoms with Crippen molar-refractivity contribution in [2.24, 2.45) is 0 Å². The van der Waals surface area contributed by atoms with Crippen LogP contribution < -0.4 is 5.32 Å². The van der Waals surface area contributed by atoms with E-state index in [4.69, 9.17) is 0 Å². The summed E-state index contributed by atoms with van der Waals surface area (Å²) in [6.45, 7) is 1.19. The van der Waals surface area contributed by atoms with Gasteiger partial charge < -0.3 is 5.32 Å². The fourth-order valence-electron chi connectivity index (χ4n) is 1.60. The molecule has 1 aliphatic rings. The lowest BCUT2D eigenvalue weighted by atomic mass is 10.00. The highest BCUT2D eigenvalue weighted by atomic mass is 19.3. The van der Waals surface area contributed by atoms with Crippen molar-refractivity contribution in [3.8, 4) is 0 Å². The second-order valence-electron chi connectivity index (χ2n) is 3.31. The Balaban J connectivity index is 2.72. The number of amides is 1. The van der Waals surface area contributed by atoms with Crippen molar-refractivity contribution in [3.63, 3.8) is 0 Å². The molecule has 1 aromatic carbocycles. The molecule has 2 rings (SSSR count). The first kappa shape index (κ1) is 9.76. The maximum absolute atomic E-state index is 13.4. The molecule has 0 aliphatic carbocycles. The Hall–Kier alpha value is -1.78. The first-order valence-electron chi connectivity index (χ1n) is 4.28. The van der Waals surface area contributed by atoms with Gasteiger partial charge in [-0.1, -0.05) is 12.1 Å². The first-order valence-corrected chi connectivity index (χ1v) is 4.28. The van der Waals surface area contributed by atoms with E-state index >= 15 is 0 Å². The molecule has 1 heterocycles. The average Bonchev–Trinajstić information content (AvgIpc) is 2.38. The molecule has 0 saturated carbocycles. The van der Waals surface area contributed by atoms with Crippen LogP contribution in [0.3, 0.4) is 0 Å². The highest BCUT2D eigenvalue weighted by Gasteiger charge is 2.50. The van der Waals surface area contributed by atoms with E-state index in [0.29, 0.717) is 0 Å². The lowest BCUT2D eigenvalue weighted by Crippen LogP contribution is -2.25. The lowest BCUT2D eigenvalue weighted by Gasteiger charge is -2.09. The standard InChI is InChI=1S/C10H7F2NO2/c1-5(14)6-3-2-4-7-8(6)10(11,12)9(15)13-7/h2-4H,1H3,(H,13,15). The normalized spacial score (nSPS) is 17.1. The molecule has 5 heteroatoms. The molecule has 1 amide bonds. The van der Waals surface area contributed by atoms with Crippen molar-refractivity contribution < 1.29 is 18.4 Å². The van der Waals surface area contributed by atoms with Crippen molar-refractivity contribution in [1.29, 1.82) is 0 Å². The Kier molecular flexibility index (Phi) is 1.86. The monoisotopic (exact) mass is 211 g/mol. The quantitative estimate of drug-likeness (QED) is 0.721. The summed E-state index contributed by atoms with van der Waals surface area (Å²) in [5.41, 5.74) is -0.615. The van der Waals surface area contributed by atoms with Gasteiger partial charge in [0.05, 0.1) is 11.3 Å². The number of hydrogen-bond donors (Lipinski definition) is 1. The molecule has 0 atom stereocenters. The molecular weight excluding hydrogens is 204 g/mol. The van der Waals surface area contributed by atoms with Crippen molar-refractivity contribution in [2.45, 2.75) is 12.8 Å². The minimum Gasteiger partial charge on any atom is -0.320 e. The number of benzene rings is 1. The summed E-state index contributed by atoms with van der Waals surface area (Å²) in [6, 6.07) is 4.09. The van der Waals surface area contributed by atoms with E-state index in [9.17, 15) is 18.4 Å². The van der Waals surface area contributed by atoms with Gasteiger partial charge in [-0.15, -0.1) is 0 Å². The van der Waals surface area contributed by atoms with E-state index < -0.39 is 23.2 Å². The molecule has 15 heavy (non-hydrogen) atoms. The number of carbonyl (C=O) groups is 2. The van der Waals surface area contributed by atoms with E-state index in [1.807, 2.05) is 5.32 Å². The van der Waals surface area contributed by atoms with Crippen LogP contribution in [0, 0.1) is 0 Å². The molecule has 0 bridgehead atoms. The van der Waals surface area contributed by atoms with Crippen LogP contribution in [0.2, 0.25) is 0 Å². The topological polar surface area (TPSA) is 46.2 Å². The van der Waals surface area contributed by atoms with Crippen LogP contribution in [0.15, 0.2) is 18.2 Å². The number of fused-ring (bicyclic) bond motifs is 1. The summed E-state index contributed by atoms with van der Waals surface area (Å²) in [6.07, 6.45) is 0. The molecule has 78 valence electrons. The van der Waals surface area contributed by atoms with E-state index in [1.165, 1.54) is 25.1 Å². The third-order valence-corrected chi connectivity index (χ3v) is 2.29. The minimum absolute atomic E-state index is 0.0118. The summed E-state index contributed by atoms with van der Waals surface area (Å²) < 4.78 is 26.8. The number of hydrogen-bond acceptors (Lipinski definition) is 2. The summed E-state index contributed by atoms with van der Waals surface area (Å²) >= 11 is 0. The number of anilines is 1. The van der Waals surface area contributed by atoms with Crippen LogP contribution in [0.25, 0.3) is 0 Å². The molecule has 0 fully saturated rings. The Morgan fingerprint density at radius 2 is 2.07 bits per heavy atom. The number of nitrogens with one attached hydrogen (secondary N) is 1. The average molecular weight is 211 g/mol. The molecule has 0 radical (unpaired) electrons. The zero-order valence-corrected chi connectivity index (χ0v) is 7.80. The zero-order valence-electron chi connectivity index (χ0n) is 7.80. The van der Waals surface area contributed by atoms with Gasteiger partial charge in [0.25, 0.3) is 5.91 Å². The Labute approximate surface area is 84.1 Å². The van der Waals surface area contributed by atoms with Crippen molar-refractivity contribution >= 4 is 17.4 Å². The van der Waals surface area contributed by atoms with E-state index in [1.54, 1.807) is 0 Å². The molecule has 0 unspecified atom stereocenters. The molecule has 1 aromatic rings. The fraction of sp³-hybridized carbons (Fsp3) is 0.200. The van der Waals surface area contributed by atoms with Crippen LogP contribution in [0.4, 0.5) is 14.5 Å².